The van der Waals surface area contributed by atoms with E-state index >= 15 is 0 Å². The van der Waals surface area contributed by atoms with Gasteiger partial charge in [-0.25, -0.2) is 0 Å². The molecular formula is C65H49N3. The fourth-order valence-electron chi connectivity index (χ4n) is 9.49. The van der Waals surface area contributed by atoms with Gasteiger partial charge >= 0.3 is 0 Å². The number of fused-ring (bicyclic) bond motifs is 1. The molecule has 0 saturated carbocycles. The summed E-state index contributed by atoms with van der Waals surface area (Å²) >= 11 is 0. The first-order valence-corrected chi connectivity index (χ1v) is 23.6. The van der Waals surface area contributed by atoms with Gasteiger partial charge in [-0.2, -0.15) is 0 Å². The SMILES string of the molecule is c1ccc(-c2ccc(-c3cc(-c4nccc5ccccc45)ccc3-c3ccccc3-c3cc(CCc4ccc(-c5ccccn5)cc4)cc(CCc4ccc(-c5ccccn5)cc4)c3)cc2)cc1. The highest BCUT2D eigenvalue weighted by Crippen LogP contribution is 2.42. The molecule has 3 aromatic heterocycles. The summed E-state index contributed by atoms with van der Waals surface area (Å²) in [4.78, 5) is 14.1. The van der Waals surface area contributed by atoms with Crippen LogP contribution in [-0.2, 0) is 25.7 Å². The lowest BCUT2D eigenvalue weighted by molar-refractivity contribution is 0.931. The van der Waals surface area contributed by atoms with E-state index in [9.17, 15) is 0 Å². The summed E-state index contributed by atoms with van der Waals surface area (Å²) in [5, 5.41) is 2.32. The summed E-state index contributed by atoms with van der Waals surface area (Å²) in [7, 11) is 0. The van der Waals surface area contributed by atoms with Crippen LogP contribution in [0.25, 0.3) is 89.1 Å². The maximum Gasteiger partial charge on any atom is 0.0780 e. The van der Waals surface area contributed by atoms with Crippen molar-refractivity contribution in [2.45, 2.75) is 25.7 Å². The molecule has 0 radical (unpaired) electrons. The fourth-order valence-corrected chi connectivity index (χ4v) is 9.49. The number of pyridine rings is 3. The number of hydrogen-bond acceptors (Lipinski definition) is 3. The van der Waals surface area contributed by atoms with Crippen molar-refractivity contribution in [1.29, 1.82) is 0 Å². The van der Waals surface area contributed by atoms with Gasteiger partial charge in [-0.3, -0.25) is 15.0 Å². The van der Waals surface area contributed by atoms with Crippen molar-refractivity contribution in [2.24, 2.45) is 0 Å². The Balaban J connectivity index is 0.976. The van der Waals surface area contributed by atoms with Crippen molar-refractivity contribution in [3.63, 3.8) is 0 Å². The molecule has 0 saturated heterocycles. The molecule has 0 fully saturated rings. The van der Waals surface area contributed by atoms with E-state index in [4.69, 9.17) is 4.98 Å². The number of rotatable bonds is 13. The minimum absolute atomic E-state index is 0.927. The Bertz CT molecular complexity index is 3350. The van der Waals surface area contributed by atoms with Gasteiger partial charge in [0, 0.05) is 40.7 Å². The summed E-state index contributed by atoms with van der Waals surface area (Å²) in [6, 6.07) is 83.4. The molecule has 0 amide bonds. The molecule has 11 rings (SSSR count). The lowest BCUT2D eigenvalue weighted by Crippen LogP contribution is -1.98. The number of benzene rings is 8. The molecular weight excluding hydrogens is 823 g/mol. The van der Waals surface area contributed by atoms with Crippen LogP contribution in [0.3, 0.4) is 0 Å². The first-order chi connectivity index (χ1) is 33.7. The quantitative estimate of drug-likeness (QED) is 0.116. The molecule has 3 nitrogen and oxygen atoms in total. The third-order valence-electron chi connectivity index (χ3n) is 13.1. The van der Waals surface area contributed by atoms with E-state index in [0.29, 0.717) is 0 Å². The van der Waals surface area contributed by atoms with E-state index in [1.807, 2.05) is 42.9 Å². The molecule has 0 atom stereocenters. The molecule has 3 heterocycles. The lowest BCUT2D eigenvalue weighted by Gasteiger charge is -2.18. The van der Waals surface area contributed by atoms with Crippen molar-refractivity contribution in [3.05, 3.63) is 271 Å². The Morgan fingerprint density at radius 3 is 1.38 bits per heavy atom. The first kappa shape index (κ1) is 42.1. The van der Waals surface area contributed by atoms with Crippen LogP contribution in [0.15, 0.2) is 249 Å². The molecule has 0 aliphatic rings. The van der Waals surface area contributed by atoms with E-state index in [2.05, 4.69) is 216 Å². The Labute approximate surface area is 399 Å². The van der Waals surface area contributed by atoms with Crippen LogP contribution in [0.1, 0.15) is 22.3 Å². The van der Waals surface area contributed by atoms with Crippen LogP contribution >= 0.6 is 0 Å². The van der Waals surface area contributed by atoms with Crippen molar-refractivity contribution in [2.75, 3.05) is 0 Å². The van der Waals surface area contributed by atoms with E-state index in [0.717, 1.165) is 70.4 Å². The second-order valence-electron chi connectivity index (χ2n) is 17.5. The van der Waals surface area contributed by atoms with Crippen molar-refractivity contribution in [1.82, 2.24) is 15.0 Å². The highest BCUT2D eigenvalue weighted by molar-refractivity contribution is 5.98. The zero-order valence-corrected chi connectivity index (χ0v) is 37.8. The maximum absolute atomic E-state index is 4.96. The molecule has 0 spiro atoms. The van der Waals surface area contributed by atoms with E-state index in [-0.39, 0.29) is 0 Å². The second kappa shape index (κ2) is 19.5. The van der Waals surface area contributed by atoms with Gasteiger partial charge in [0.25, 0.3) is 0 Å². The van der Waals surface area contributed by atoms with E-state index in [1.165, 1.54) is 66.6 Å². The third-order valence-corrected chi connectivity index (χ3v) is 13.1. The number of aryl methyl sites for hydroxylation is 4. The summed E-state index contributed by atoms with van der Waals surface area (Å²) < 4.78 is 0. The Kier molecular flexibility index (Phi) is 12.1. The number of hydrogen-bond donors (Lipinski definition) is 0. The van der Waals surface area contributed by atoms with Crippen LogP contribution in [0, 0.1) is 0 Å². The average molecular weight is 872 g/mol. The second-order valence-corrected chi connectivity index (χ2v) is 17.5. The highest BCUT2D eigenvalue weighted by Gasteiger charge is 2.17. The van der Waals surface area contributed by atoms with Gasteiger partial charge in [-0.15, -0.1) is 0 Å². The van der Waals surface area contributed by atoms with Gasteiger partial charge in [0.1, 0.15) is 0 Å². The van der Waals surface area contributed by atoms with Crippen LogP contribution < -0.4 is 0 Å². The normalized spacial score (nSPS) is 11.2. The molecule has 324 valence electrons. The molecule has 11 aromatic rings. The predicted molar refractivity (Wildman–Crippen MR) is 283 cm³/mol. The summed E-state index contributed by atoms with van der Waals surface area (Å²) in [6.07, 6.45) is 9.36. The highest BCUT2D eigenvalue weighted by atomic mass is 14.7. The van der Waals surface area contributed by atoms with Gasteiger partial charge in [0.05, 0.1) is 17.1 Å². The minimum atomic E-state index is 0.927. The van der Waals surface area contributed by atoms with Gasteiger partial charge < -0.3 is 0 Å². The standard InChI is InChI=1S/C65H49N3/c1-2-12-50(13-3-1)51-32-34-53(35-33-51)62-45-56(65-59-16-5-4-14-52(59)38-41-68-65)36-37-61(62)60-17-7-6-15-58(60)57-43-48(22-20-46-24-28-54(29-25-46)63-18-8-10-39-66-63)42-49(44-57)23-21-47-26-30-55(31-27-47)64-19-9-11-40-67-64/h1-19,24-45H,20-23H2. The van der Waals surface area contributed by atoms with Crippen LogP contribution in [0.4, 0.5) is 0 Å². The van der Waals surface area contributed by atoms with E-state index < -0.39 is 0 Å². The predicted octanol–water partition coefficient (Wildman–Crippen LogP) is 16.3. The average Bonchev–Trinajstić information content (AvgIpc) is 3.42. The van der Waals surface area contributed by atoms with Gasteiger partial charge in [0.15, 0.2) is 0 Å². The Morgan fingerprint density at radius 1 is 0.250 bits per heavy atom. The largest absolute Gasteiger partial charge is 0.256 e. The Morgan fingerprint density at radius 2 is 0.750 bits per heavy atom. The summed E-state index contributed by atoms with van der Waals surface area (Å²) in [5.41, 5.74) is 21.2. The molecule has 0 unspecified atom stereocenters. The summed E-state index contributed by atoms with van der Waals surface area (Å²) in [5.74, 6) is 0. The first-order valence-electron chi connectivity index (χ1n) is 23.6. The minimum Gasteiger partial charge on any atom is -0.256 e. The van der Waals surface area contributed by atoms with Gasteiger partial charge in [-0.1, -0.05) is 194 Å². The smallest absolute Gasteiger partial charge is 0.0780 e. The molecule has 3 heteroatoms. The van der Waals surface area contributed by atoms with Crippen molar-refractivity contribution >= 4 is 10.8 Å². The van der Waals surface area contributed by atoms with Crippen LogP contribution in [0.5, 0.6) is 0 Å². The van der Waals surface area contributed by atoms with Crippen molar-refractivity contribution < 1.29 is 0 Å². The van der Waals surface area contributed by atoms with Gasteiger partial charge in [-0.05, 0) is 134 Å². The molecule has 0 N–H and O–H groups in total. The molecule has 0 aliphatic carbocycles. The topological polar surface area (TPSA) is 38.7 Å². The van der Waals surface area contributed by atoms with Crippen LogP contribution in [0.2, 0.25) is 0 Å². The Hall–Kier alpha value is -8.53. The van der Waals surface area contributed by atoms with Gasteiger partial charge in [0.2, 0.25) is 0 Å². The molecule has 68 heavy (non-hydrogen) atoms. The monoisotopic (exact) mass is 871 g/mol. The molecule has 0 aliphatic heterocycles. The zero-order valence-electron chi connectivity index (χ0n) is 37.8. The number of nitrogens with zero attached hydrogens (tertiary/aromatic N) is 3. The summed E-state index contributed by atoms with van der Waals surface area (Å²) in [6.45, 7) is 0. The molecule has 0 bridgehead atoms. The lowest BCUT2D eigenvalue weighted by atomic mass is 9.86. The fraction of sp³-hybridized carbons (Fsp3) is 0.0615. The van der Waals surface area contributed by atoms with E-state index in [1.54, 1.807) is 0 Å². The number of aromatic nitrogens is 3. The van der Waals surface area contributed by atoms with Crippen LogP contribution in [-0.4, -0.2) is 15.0 Å². The third kappa shape index (κ3) is 9.29. The maximum atomic E-state index is 4.96. The molecule has 8 aromatic carbocycles. The van der Waals surface area contributed by atoms with Crippen molar-refractivity contribution in [3.8, 4) is 78.3 Å². The zero-order chi connectivity index (χ0) is 45.5.